The lowest BCUT2D eigenvalue weighted by atomic mass is 9.94. The van der Waals surface area contributed by atoms with E-state index in [-0.39, 0.29) is 49.1 Å². The highest BCUT2D eigenvalue weighted by Gasteiger charge is 2.39. The zero-order chi connectivity index (χ0) is 25.5. The number of carbonyl (C=O) groups excluding carboxylic acids is 2. The summed E-state index contributed by atoms with van der Waals surface area (Å²) in [6.45, 7) is 3.46. The number of amides is 2. The number of hydrogen-bond acceptors (Lipinski definition) is 5. The summed E-state index contributed by atoms with van der Waals surface area (Å²) in [5, 5.41) is 0. The first-order chi connectivity index (χ1) is 16.4. The number of hydrogen-bond donors (Lipinski definition) is 0. The predicted octanol–water partition coefficient (Wildman–Crippen LogP) is 5.03. The zero-order valence-electron chi connectivity index (χ0n) is 19.8. The molecule has 1 saturated carbocycles. The molecule has 4 rings (SSSR count). The fraction of sp³-hybridized carbons (Fsp3) is 0.440. The number of sulfone groups is 1. The summed E-state index contributed by atoms with van der Waals surface area (Å²) in [6.07, 6.45) is -0.523. The molecule has 0 bridgehead atoms. The first-order valence-corrected chi connectivity index (χ1v) is 13.4. The summed E-state index contributed by atoms with van der Waals surface area (Å²) in [5.41, 5.74) is 2.46. The van der Waals surface area contributed by atoms with Crippen LogP contribution in [0.3, 0.4) is 0 Å². The number of rotatable bonds is 3. The molecule has 2 amide bonds. The number of carbonyl (C=O) groups is 2. The first kappa shape index (κ1) is 25.1. The molecule has 2 aliphatic rings. The number of benzene rings is 2. The maximum Gasteiger partial charge on any atom is 0.414 e. The zero-order valence-corrected chi connectivity index (χ0v) is 20.6. The fourth-order valence-corrected chi connectivity index (χ4v) is 5.32. The Hall–Kier alpha value is -3.01. The summed E-state index contributed by atoms with van der Waals surface area (Å²) < 4.78 is 56.2. The Labute approximate surface area is 203 Å². The summed E-state index contributed by atoms with van der Waals surface area (Å²) in [7, 11) is -3.34. The molecule has 1 fully saturated rings. The van der Waals surface area contributed by atoms with Gasteiger partial charge in [-0.2, -0.15) is 0 Å². The Kier molecular flexibility index (Phi) is 6.61. The molecule has 2 aromatic carbocycles. The van der Waals surface area contributed by atoms with E-state index in [1.807, 2.05) is 6.92 Å². The topological polar surface area (TPSA) is 84.0 Å². The lowest BCUT2D eigenvalue weighted by molar-refractivity contribution is -0.117. The van der Waals surface area contributed by atoms with Crippen LogP contribution in [0.4, 0.5) is 25.0 Å². The average Bonchev–Trinajstić information content (AvgIpc) is 2.78. The van der Waals surface area contributed by atoms with Crippen LogP contribution in [-0.2, 0) is 19.4 Å². The Balaban J connectivity index is 1.66. The van der Waals surface area contributed by atoms with Gasteiger partial charge in [0.1, 0.15) is 6.10 Å². The van der Waals surface area contributed by atoms with Crippen molar-refractivity contribution in [3.63, 3.8) is 0 Å². The Morgan fingerprint density at radius 2 is 1.60 bits per heavy atom. The van der Waals surface area contributed by atoms with Crippen molar-refractivity contribution in [3.8, 4) is 11.1 Å². The van der Waals surface area contributed by atoms with E-state index in [1.165, 1.54) is 24.0 Å². The van der Waals surface area contributed by atoms with E-state index in [2.05, 4.69) is 0 Å². The summed E-state index contributed by atoms with van der Waals surface area (Å²) in [5.74, 6) is -2.90. The molecule has 0 aromatic heterocycles. The molecule has 0 N–H and O–H groups in total. The molecule has 35 heavy (non-hydrogen) atoms. The minimum absolute atomic E-state index is 0.0985. The van der Waals surface area contributed by atoms with Crippen molar-refractivity contribution < 1.29 is 31.5 Å². The second kappa shape index (κ2) is 9.22. The van der Waals surface area contributed by atoms with Crippen LogP contribution in [-0.4, -0.2) is 51.3 Å². The van der Waals surface area contributed by atoms with Crippen molar-refractivity contribution in [3.05, 3.63) is 42.5 Å². The third kappa shape index (κ3) is 5.32. The van der Waals surface area contributed by atoms with Crippen LogP contribution in [0.5, 0.6) is 0 Å². The highest BCUT2D eigenvalue weighted by atomic mass is 32.2. The number of nitrogens with zero attached hydrogens (tertiary/aromatic N) is 2. The first-order valence-electron chi connectivity index (χ1n) is 11.5. The van der Waals surface area contributed by atoms with Crippen molar-refractivity contribution in [1.82, 2.24) is 0 Å². The van der Waals surface area contributed by atoms with Gasteiger partial charge in [-0.05, 0) is 55.2 Å². The molecule has 0 saturated heterocycles. The van der Waals surface area contributed by atoms with E-state index in [1.54, 1.807) is 35.2 Å². The summed E-state index contributed by atoms with van der Waals surface area (Å²) in [4.78, 5) is 28.8. The van der Waals surface area contributed by atoms with Crippen molar-refractivity contribution in [2.45, 2.75) is 62.5 Å². The fourth-order valence-electron chi connectivity index (χ4n) is 4.69. The van der Waals surface area contributed by atoms with E-state index < -0.39 is 28.0 Å². The van der Waals surface area contributed by atoms with Gasteiger partial charge in [-0.15, -0.1) is 0 Å². The molecule has 1 heterocycles. The van der Waals surface area contributed by atoms with Gasteiger partial charge in [0.05, 0.1) is 22.3 Å². The standard InChI is InChI=1S/C25H28F2N2O5S/c1-16-15-28(24(31)34-20-10-12-25(26,27)13-11-20)23-14-19(6-9-22(23)29(16)17(2)30)18-4-7-21(8-5-18)35(3,32)33/h4-9,14,16,20H,10-13,15H2,1-3H3. The lowest BCUT2D eigenvalue weighted by Gasteiger charge is -2.41. The van der Waals surface area contributed by atoms with Crippen LogP contribution < -0.4 is 9.80 Å². The minimum atomic E-state index is -3.34. The molecule has 188 valence electrons. The maximum absolute atomic E-state index is 13.5. The highest BCUT2D eigenvalue weighted by molar-refractivity contribution is 7.90. The number of ether oxygens (including phenoxy) is 1. The van der Waals surface area contributed by atoms with Gasteiger partial charge in [-0.3, -0.25) is 9.69 Å². The van der Waals surface area contributed by atoms with Gasteiger partial charge < -0.3 is 9.64 Å². The van der Waals surface area contributed by atoms with Crippen molar-refractivity contribution >= 4 is 33.2 Å². The van der Waals surface area contributed by atoms with E-state index in [9.17, 15) is 26.8 Å². The van der Waals surface area contributed by atoms with Gasteiger partial charge in [-0.25, -0.2) is 22.0 Å². The molecule has 1 aliphatic heterocycles. The molecule has 1 atom stereocenters. The average molecular weight is 507 g/mol. The van der Waals surface area contributed by atoms with Crippen LogP contribution >= 0.6 is 0 Å². The van der Waals surface area contributed by atoms with Crippen LogP contribution in [0, 0.1) is 0 Å². The van der Waals surface area contributed by atoms with Gasteiger partial charge in [0.25, 0.3) is 0 Å². The highest BCUT2D eigenvalue weighted by Crippen LogP contribution is 2.40. The molecular formula is C25H28F2N2O5S. The van der Waals surface area contributed by atoms with E-state index in [0.717, 1.165) is 17.4 Å². The molecule has 2 aromatic rings. The smallest absolute Gasteiger partial charge is 0.414 e. The minimum Gasteiger partial charge on any atom is -0.446 e. The van der Waals surface area contributed by atoms with Gasteiger partial charge >= 0.3 is 6.09 Å². The Morgan fingerprint density at radius 1 is 1.00 bits per heavy atom. The van der Waals surface area contributed by atoms with E-state index in [0.29, 0.717) is 11.4 Å². The van der Waals surface area contributed by atoms with Crippen LogP contribution in [0.1, 0.15) is 39.5 Å². The van der Waals surface area contributed by atoms with Gasteiger partial charge in [0.15, 0.2) is 9.84 Å². The summed E-state index contributed by atoms with van der Waals surface area (Å²) >= 11 is 0. The van der Waals surface area contributed by atoms with Crippen molar-refractivity contribution in [1.29, 1.82) is 0 Å². The molecular weight excluding hydrogens is 478 g/mol. The predicted molar refractivity (Wildman–Crippen MR) is 129 cm³/mol. The third-order valence-corrected chi connectivity index (χ3v) is 7.65. The number of anilines is 2. The Morgan fingerprint density at radius 3 is 2.17 bits per heavy atom. The molecule has 0 spiro atoms. The molecule has 1 unspecified atom stereocenters. The molecule has 0 radical (unpaired) electrons. The Bertz CT molecular complexity index is 1240. The normalized spacial score (nSPS) is 20.3. The number of halogens is 2. The molecule has 10 heteroatoms. The van der Waals surface area contributed by atoms with Gasteiger partial charge in [-0.1, -0.05) is 18.2 Å². The van der Waals surface area contributed by atoms with E-state index >= 15 is 0 Å². The van der Waals surface area contributed by atoms with Crippen LogP contribution in [0.15, 0.2) is 47.4 Å². The molecule has 1 aliphatic carbocycles. The summed E-state index contributed by atoms with van der Waals surface area (Å²) in [6, 6.07) is 11.4. The monoisotopic (exact) mass is 506 g/mol. The van der Waals surface area contributed by atoms with Crippen LogP contribution in [0.25, 0.3) is 11.1 Å². The quantitative estimate of drug-likeness (QED) is 0.583. The largest absolute Gasteiger partial charge is 0.446 e. The third-order valence-electron chi connectivity index (χ3n) is 6.52. The SMILES string of the molecule is CC(=O)N1c2ccc(-c3ccc(S(C)(=O)=O)cc3)cc2N(C(=O)OC2CCC(F)(F)CC2)CC1C. The van der Waals surface area contributed by atoms with E-state index in [4.69, 9.17) is 4.74 Å². The van der Waals surface area contributed by atoms with Crippen molar-refractivity contribution in [2.24, 2.45) is 0 Å². The second-order valence-corrected chi connectivity index (χ2v) is 11.3. The number of fused-ring (bicyclic) bond motifs is 1. The van der Waals surface area contributed by atoms with Gasteiger partial charge in [0, 0.05) is 32.6 Å². The van der Waals surface area contributed by atoms with Gasteiger partial charge in [0.2, 0.25) is 11.8 Å². The lowest BCUT2D eigenvalue weighted by Crippen LogP contribution is -2.52. The second-order valence-electron chi connectivity index (χ2n) is 9.29. The molecule has 7 nitrogen and oxygen atoms in total. The maximum atomic E-state index is 13.5. The van der Waals surface area contributed by atoms with Crippen LogP contribution in [0.2, 0.25) is 0 Å². The van der Waals surface area contributed by atoms with Crippen molar-refractivity contribution in [2.75, 3.05) is 22.6 Å². The number of alkyl halides is 2.